The number of hydrogen-bond acceptors (Lipinski definition) is 5. The molecule has 7 nitrogen and oxygen atoms in total. The lowest BCUT2D eigenvalue weighted by atomic mass is 10.2. The molecule has 0 radical (unpaired) electrons. The van der Waals surface area contributed by atoms with Crippen LogP contribution in [0.1, 0.15) is 25.5 Å². The van der Waals surface area contributed by atoms with Crippen molar-refractivity contribution in [2.75, 3.05) is 5.75 Å². The molecule has 0 atom stereocenters. The summed E-state index contributed by atoms with van der Waals surface area (Å²) in [6, 6.07) is 5.64. The second-order valence-corrected chi connectivity index (χ2v) is 9.51. The van der Waals surface area contributed by atoms with Crippen molar-refractivity contribution in [2.24, 2.45) is 12.5 Å². The maximum atomic E-state index is 14.7. The van der Waals surface area contributed by atoms with Gasteiger partial charge < -0.3 is 0 Å². The van der Waals surface area contributed by atoms with Gasteiger partial charge in [0.25, 0.3) is 0 Å². The third kappa shape index (κ3) is 2.95. The van der Waals surface area contributed by atoms with Gasteiger partial charge in [0.2, 0.25) is 0 Å². The van der Waals surface area contributed by atoms with Crippen molar-refractivity contribution in [3.63, 3.8) is 0 Å². The molecule has 0 saturated heterocycles. The van der Waals surface area contributed by atoms with Gasteiger partial charge in [0.15, 0.2) is 15.7 Å². The van der Waals surface area contributed by atoms with Gasteiger partial charge >= 0.3 is 5.69 Å². The van der Waals surface area contributed by atoms with Crippen LogP contribution in [0.25, 0.3) is 16.9 Å². The first-order chi connectivity index (χ1) is 12.6. The fraction of sp³-hybridized carbons (Fsp3) is 0.389. The molecule has 4 rings (SSSR count). The van der Waals surface area contributed by atoms with Gasteiger partial charge in [-0.1, -0.05) is 6.92 Å². The van der Waals surface area contributed by atoms with Gasteiger partial charge in [-0.05, 0) is 43.4 Å². The quantitative estimate of drug-likeness (QED) is 0.681. The molecule has 2 aromatic heterocycles. The molecule has 27 heavy (non-hydrogen) atoms. The van der Waals surface area contributed by atoms with Crippen molar-refractivity contribution in [3.05, 3.63) is 46.3 Å². The van der Waals surface area contributed by atoms with Crippen LogP contribution < -0.4 is 5.69 Å². The Labute approximate surface area is 155 Å². The lowest BCUT2D eigenvalue weighted by Crippen LogP contribution is -2.21. The molecule has 0 N–H and O–H groups in total. The van der Waals surface area contributed by atoms with Gasteiger partial charge in [0.05, 0.1) is 22.5 Å². The van der Waals surface area contributed by atoms with Crippen LogP contribution in [0.3, 0.4) is 0 Å². The predicted molar refractivity (Wildman–Crippen MR) is 98.2 cm³/mol. The van der Waals surface area contributed by atoms with Crippen LogP contribution in [0.15, 0.2) is 34.0 Å². The topological polar surface area (TPSA) is 86.9 Å². The van der Waals surface area contributed by atoms with Crippen LogP contribution >= 0.6 is 0 Å². The SMILES string of the molecule is Cc1ccc(-n2c(=O)n(C)c3cc(F)c(S(=O)(=O)CC4(C)CC4)cc32)nn1. The summed E-state index contributed by atoms with van der Waals surface area (Å²) in [4.78, 5) is 12.3. The van der Waals surface area contributed by atoms with Crippen LogP contribution in [-0.4, -0.2) is 33.5 Å². The summed E-state index contributed by atoms with van der Waals surface area (Å²) in [5.74, 6) is -0.709. The zero-order chi connectivity index (χ0) is 19.6. The van der Waals surface area contributed by atoms with Crippen LogP contribution in [0.2, 0.25) is 0 Å². The smallest absolute Gasteiger partial charge is 0.295 e. The zero-order valence-corrected chi connectivity index (χ0v) is 16.0. The standard InChI is InChI=1S/C18H19FN4O3S/c1-11-4-5-16(21-20-11)23-14-9-15(27(25,26)10-18(2)6-7-18)12(19)8-13(14)22(3)17(23)24/h4-5,8-9H,6-7,10H2,1-3H3. The Kier molecular flexibility index (Phi) is 3.78. The Morgan fingerprint density at radius 1 is 1.19 bits per heavy atom. The predicted octanol–water partition coefficient (Wildman–Crippen LogP) is 2.14. The normalized spacial score (nSPS) is 16.0. The van der Waals surface area contributed by atoms with E-state index in [9.17, 15) is 17.6 Å². The lowest BCUT2D eigenvalue weighted by molar-refractivity contribution is 0.550. The van der Waals surface area contributed by atoms with Gasteiger partial charge in [-0.15, -0.1) is 5.10 Å². The molecule has 1 aliphatic rings. The Morgan fingerprint density at radius 2 is 1.89 bits per heavy atom. The van der Waals surface area contributed by atoms with Gasteiger partial charge in [0, 0.05) is 13.1 Å². The number of imidazole rings is 1. The fourth-order valence-corrected chi connectivity index (χ4v) is 5.21. The number of aromatic nitrogens is 4. The minimum atomic E-state index is -3.82. The minimum Gasteiger partial charge on any atom is -0.295 e. The Morgan fingerprint density at radius 3 is 2.48 bits per heavy atom. The average molecular weight is 390 g/mol. The molecule has 1 fully saturated rings. The first-order valence-corrected chi connectivity index (χ1v) is 10.2. The molecule has 0 aliphatic heterocycles. The van der Waals surface area contributed by atoms with Crippen molar-refractivity contribution >= 4 is 20.9 Å². The van der Waals surface area contributed by atoms with Crippen LogP contribution in [-0.2, 0) is 16.9 Å². The van der Waals surface area contributed by atoms with Gasteiger partial charge in [-0.2, -0.15) is 5.10 Å². The van der Waals surface area contributed by atoms with E-state index in [1.807, 2.05) is 6.92 Å². The summed E-state index contributed by atoms with van der Waals surface area (Å²) in [5, 5.41) is 7.96. The second-order valence-electron chi connectivity index (χ2n) is 7.55. The Balaban J connectivity index is 1.96. The number of sulfone groups is 1. The molecule has 0 amide bonds. The maximum absolute atomic E-state index is 14.7. The highest BCUT2D eigenvalue weighted by Gasteiger charge is 2.42. The van der Waals surface area contributed by atoms with Crippen LogP contribution in [0, 0.1) is 18.2 Å². The molecule has 1 aliphatic carbocycles. The van der Waals surface area contributed by atoms with E-state index in [0.717, 1.165) is 18.9 Å². The average Bonchev–Trinajstić information content (AvgIpc) is 3.26. The molecular formula is C18H19FN4O3S. The molecule has 2 heterocycles. The van der Waals surface area contributed by atoms with Crippen LogP contribution in [0.5, 0.6) is 0 Å². The van der Waals surface area contributed by atoms with E-state index in [-0.39, 0.29) is 32.9 Å². The van der Waals surface area contributed by atoms with Crippen molar-refractivity contribution in [1.29, 1.82) is 0 Å². The number of halogens is 1. The van der Waals surface area contributed by atoms with Crippen molar-refractivity contribution in [1.82, 2.24) is 19.3 Å². The molecule has 142 valence electrons. The van der Waals surface area contributed by atoms with E-state index in [2.05, 4.69) is 10.2 Å². The molecule has 0 bridgehead atoms. The molecule has 9 heteroatoms. The zero-order valence-electron chi connectivity index (χ0n) is 15.2. The summed E-state index contributed by atoms with van der Waals surface area (Å²) in [6.07, 6.45) is 1.62. The molecule has 0 spiro atoms. The summed E-state index contributed by atoms with van der Waals surface area (Å²) in [5.41, 5.74) is 0.502. The largest absolute Gasteiger partial charge is 0.334 e. The monoisotopic (exact) mass is 390 g/mol. The second kappa shape index (κ2) is 5.72. The third-order valence-corrected chi connectivity index (χ3v) is 7.16. The minimum absolute atomic E-state index is 0.107. The van der Waals surface area contributed by atoms with Crippen molar-refractivity contribution in [2.45, 2.75) is 31.6 Å². The van der Waals surface area contributed by atoms with Gasteiger partial charge in [0.1, 0.15) is 10.7 Å². The molecule has 1 saturated carbocycles. The summed E-state index contributed by atoms with van der Waals surface area (Å²) >= 11 is 0. The van der Waals surface area contributed by atoms with E-state index >= 15 is 0 Å². The molecule has 0 unspecified atom stereocenters. The Hall–Kier alpha value is -2.55. The fourth-order valence-electron chi connectivity index (χ4n) is 3.20. The van der Waals surface area contributed by atoms with E-state index in [1.54, 1.807) is 19.1 Å². The number of rotatable bonds is 4. The number of benzene rings is 1. The first kappa shape index (κ1) is 17.8. The number of aryl methyl sites for hydroxylation is 2. The van der Waals surface area contributed by atoms with E-state index in [0.29, 0.717) is 5.69 Å². The maximum Gasteiger partial charge on any atom is 0.334 e. The Bertz CT molecular complexity index is 1220. The molecule has 1 aromatic carbocycles. The highest BCUT2D eigenvalue weighted by atomic mass is 32.2. The summed E-state index contributed by atoms with van der Waals surface area (Å²) in [6.45, 7) is 3.64. The number of nitrogens with zero attached hydrogens (tertiary/aromatic N) is 4. The number of fused-ring (bicyclic) bond motifs is 1. The van der Waals surface area contributed by atoms with Gasteiger partial charge in [-0.3, -0.25) is 4.57 Å². The summed E-state index contributed by atoms with van der Waals surface area (Å²) < 4.78 is 42.7. The van der Waals surface area contributed by atoms with Crippen molar-refractivity contribution in [3.8, 4) is 5.82 Å². The van der Waals surface area contributed by atoms with E-state index < -0.39 is 21.3 Å². The number of hydrogen-bond donors (Lipinski definition) is 0. The molecular weight excluding hydrogens is 371 g/mol. The van der Waals surface area contributed by atoms with Crippen LogP contribution in [0.4, 0.5) is 4.39 Å². The highest BCUT2D eigenvalue weighted by Crippen LogP contribution is 2.47. The first-order valence-electron chi connectivity index (χ1n) is 8.56. The van der Waals surface area contributed by atoms with Gasteiger partial charge in [-0.25, -0.2) is 22.2 Å². The highest BCUT2D eigenvalue weighted by molar-refractivity contribution is 7.91. The van der Waals surface area contributed by atoms with E-state index in [1.165, 1.54) is 22.2 Å². The summed E-state index contributed by atoms with van der Waals surface area (Å²) in [7, 11) is -2.32. The lowest BCUT2D eigenvalue weighted by Gasteiger charge is -2.11. The third-order valence-electron chi connectivity index (χ3n) is 5.10. The van der Waals surface area contributed by atoms with Crippen molar-refractivity contribution < 1.29 is 12.8 Å². The molecule has 3 aromatic rings. The van der Waals surface area contributed by atoms with E-state index in [4.69, 9.17) is 0 Å².